The van der Waals surface area contributed by atoms with E-state index in [4.69, 9.17) is 4.74 Å². The molecule has 2 N–H and O–H groups in total. The first-order chi connectivity index (χ1) is 11.6. The lowest BCUT2D eigenvalue weighted by atomic mass is 10.2. The molecule has 24 heavy (non-hydrogen) atoms. The second-order valence-electron chi connectivity index (χ2n) is 5.45. The molecule has 8 nitrogen and oxygen atoms in total. The van der Waals surface area contributed by atoms with Crippen molar-refractivity contribution in [3.63, 3.8) is 0 Å². The number of carbonyl (C=O) groups excluding carboxylic acids is 2. The highest BCUT2D eigenvalue weighted by atomic mass is 16.5. The summed E-state index contributed by atoms with van der Waals surface area (Å²) in [7, 11) is 1.72. The predicted octanol–water partition coefficient (Wildman–Crippen LogP) is 1.62. The third-order valence-electron chi connectivity index (χ3n) is 3.53. The lowest BCUT2D eigenvalue weighted by Gasteiger charge is -2.13. The minimum Gasteiger partial charge on any atom is -0.437 e. The van der Waals surface area contributed by atoms with Gasteiger partial charge < -0.3 is 20.3 Å². The van der Waals surface area contributed by atoms with E-state index in [2.05, 4.69) is 20.6 Å². The topological polar surface area (TPSA) is 96.5 Å². The van der Waals surface area contributed by atoms with Gasteiger partial charge >= 0.3 is 6.03 Å². The lowest BCUT2D eigenvalue weighted by Crippen LogP contribution is -2.39. The van der Waals surface area contributed by atoms with Crippen molar-refractivity contribution in [2.75, 3.05) is 18.9 Å². The summed E-state index contributed by atoms with van der Waals surface area (Å²) in [6.07, 6.45) is 5.06. The van der Waals surface area contributed by atoms with Gasteiger partial charge in [0, 0.05) is 32.3 Å². The van der Waals surface area contributed by atoms with E-state index in [0.717, 1.165) is 0 Å². The number of likely N-dealkylation sites (tertiary alicyclic amines) is 1. The summed E-state index contributed by atoms with van der Waals surface area (Å²) in [5, 5.41) is 5.44. The van der Waals surface area contributed by atoms with Gasteiger partial charge in [-0.25, -0.2) is 9.78 Å². The van der Waals surface area contributed by atoms with E-state index in [1.807, 2.05) is 0 Å². The molecule has 1 atom stereocenters. The van der Waals surface area contributed by atoms with Crippen molar-refractivity contribution in [1.82, 2.24) is 20.2 Å². The Morgan fingerprint density at radius 3 is 2.83 bits per heavy atom. The molecule has 0 saturated carbocycles. The fourth-order valence-corrected chi connectivity index (χ4v) is 2.36. The number of nitrogens with zero attached hydrogens (tertiary/aromatic N) is 3. The van der Waals surface area contributed by atoms with Crippen LogP contribution in [0.25, 0.3) is 0 Å². The van der Waals surface area contributed by atoms with Gasteiger partial charge in [-0.15, -0.1) is 0 Å². The number of hydrogen-bond acceptors (Lipinski definition) is 5. The minimum absolute atomic E-state index is 0.0267. The Morgan fingerprint density at radius 2 is 2.21 bits per heavy atom. The SMILES string of the molecule is CN1C[C@@H](NC(=O)Nc2ccc(Oc3cccnc3)nc2)CC1=O. The molecule has 3 amide bonds. The van der Waals surface area contributed by atoms with E-state index in [1.165, 1.54) is 6.20 Å². The van der Waals surface area contributed by atoms with Crippen LogP contribution in [0.15, 0.2) is 42.9 Å². The molecule has 0 aromatic carbocycles. The Labute approximate surface area is 138 Å². The van der Waals surface area contributed by atoms with Gasteiger partial charge in [-0.1, -0.05) is 0 Å². The average Bonchev–Trinajstić information content (AvgIpc) is 2.88. The highest BCUT2D eigenvalue weighted by Gasteiger charge is 2.27. The number of ether oxygens (including phenoxy) is 1. The molecule has 2 aromatic rings. The maximum absolute atomic E-state index is 11.9. The first kappa shape index (κ1) is 15.7. The molecule has 0 radical (unpaired) electrons. The van der Waals surface area contributed by atoms with Crippen molar-refractivity contribution in [1.29, 1.82) is 0 Å². The van der Waals surface area contributed by atoms with E-state index in [0.29, 0.717) is 30.3 Å². The molecule has 0 bridgehead atoms. The summed E-state index contributed by atoms with van der Waals surface area (Å²) in [5.41, 5.74) is 0.531. The normalized spacial score (nSPS) is 16.8. The second-order valence-corrected chi connectivity index (χ2v) is 5.45. The maximum atomic E-state index is 11.9. The van der Waals surface area contributed by atoms with Crippen molar-refractivity contribution in [2.45, 2.75) is 12.5 Å². The number of anilines is 1. The van der Waals surface area contributed by atoms with Gasteiger partial charge in [-0.05, 0) is 18.2 Å². The number of hydrogen-bond donors (Lipinski definition) is 2. The van der Waals surface area contributed by atoms with Crippen molar-refractivity contribution >= 4 is 17.6 Å². The molecule has 3 rings (SSSR count). The summed E-state index contributed by atoms with van der Waals surface area (Å²) in [4.78, 5) is 33.1. The van der Waals surface area contributed by atoms with Crippen LogP contribution in [0.3, 0.4) is 0 Å². The van der Waals surface area contributed by atoms with Crippen molar-refractivity contribution < 1.29 is 14.3 Å². The van der Waals surface area contributed by atoms with Crippen LogP contribution < -0.4 is 15.4 Å². The van der Waals surface area contributed by atoms with Crippen LogP contribution in [-0.4, -0.2) is 46.4 Å². The van der Waals surface area contributed by atoms with Gasteiger partial charge in [0.2, 0.25) is 11.8 Å². The van der Waals surface area contributed by atoms with E-state index in [-0.39, 0.29) is 18.0 Å². The predicted molar refractivity (Wildman–Crippen MR) is 86.7 cm³/mol. The third kappa shape index (κ3) is 3.97. The molecule has 1 fully saturated rings. The zero-order chi connectivity index (χ0) is 16.9. The number of likely N-dealkylation sites (N-methyl/N-ethyl adjacent to an activating group) is 1. The van der Waals surface area contributed by atoms with Crippen LogP contribution in [0.1, 0.15) is 6.42 Å². The molecule has 0 spiro atoms. The van der Waals surface area contributed by atoms with Gasteiger partial charge in [0.15, 0.2) is 0 Å². The van der Waals surface area contributed by atoms with E-state index in [9.17, 15) is 9.59 Å². The Bertz CT molecular complexity index is 720. The molecule has 8 heteroatoms. The monoisotopic (exact) mass is 327 g/mol. The Morgan fingerprint density at radius 1 is 1.33 bits per heavy atom. The van der Waals surface area contributed by atoms with Crippen molar-refractivity contribution in [3.05, 3.63) is 42.9 Å². The van der Waals surface area contributed by atoms with Gasteiger partial charge in [0.25, 0.3) is 0 Å². The van der Waals surface area contributed by atoms with Crippen LogP contribution in [0, 0.1) is 0 Å². The fourth-order valence-electron chi connectivity index (χ4n) is 2.36. The molecule has 3 heterocycles. The standard InChI is InChI=1S/C16H17N5O3/c1-21-10-12(7-15(21)22)20-16(23)19-11-4-5-14(18-8-11)24-13-3-2-6-17-9-13/h2-6,8-9,12H,7,10H2,1H3,(H2,19,20,23)/t12-/m0/s1. The summed E-state index contributed by atoms with van der Waals surface area (Å²) in [5.74, 6) is 1.01. The zero-order valence-electron chi connectivity index (χ0n) is 13.1. The van der Waals surface area contributed by atoms with E-state index >= 15 is 0 Å². The number of pyridine rings is 2. The summed E-state index contributed by atoms with van der Waals surface area (Å²) < 4.78 is 5.52. The summed E-state index contributed by atoms with van der Waals surface area (Å²) >= 11 is 0. The number of urea groups is 1. The highest BCUT2D eigenvalue weighted by Crippen LogP contribution is 2.19. The van der Waals surface area contributed by atoms with Gasteiger partial charge in [-0.2, -0.15) is 0 Å². The van der Waals surface area contributed by atoms with Gasteiger partial charge in [0.1, 0.15) is 5.75 Å². The summed E-state index contributed by atoms with van der Waals surface area (Å²) in [6, 6.07) is 6.32. The first-order valence-corrected chi connectivity index (χ1v) is 7.45. The smallest absolute Gasteiger partial charge is 0.319 e. The summed E-state index contributed by atoms with van der Waals surface area (Å²) in [6.45, 7) is 0.516. The Kier molecular flexibility index (Phi) is 4.55. The van der Waals surface area contributed by atoms with Crippen LogP contribution >= 0.6 is 0 Å². The zero-order valence-corrected chi connectivity index (χ0v) is 13.1. The van der Waals surface area contributed by atoms with Crippen LogP contribution in [0.5, 0.6) is 11.6 Å². The number of aromatic nitrogens is 2. The Balaban J connectivity index is 1.52. The van der Waals surface area contributed by atoms with E-state index < -0.39 is 0 Å². The number of amides is 3. The van der Waals surface area contributed by atoms with E-state index in [1.54, 1.807) is 48.6 Å². The number of rotatable bonds is 4. The largest absolute Gasteiger partial charge is 0.437 e. The molecular formula is C16H17N5O3. The first-order valence-electron chi connectivity index (χ1n) is 7.45. The minimum atomic E-state index is -0.370. The maximum Gasteiger partial charge on any atom is 0.319 e. The lowest BCUT2D eigenvalue weighted by molar-refractivity contribution is -0.126. The van der Waals surface area contributed by atoms with Crippen molar-refractivity contribution in [3.8, 4) is 11.6 Å². The number of carbonyl (C=O) groups is 2. The molecule has 1 saturated heterocycles. The fraction of sp³-hybridized carbons (Fsp3) is 0.250. The van der Waals surface area contributed by atoms with Gasteiger partial charge in [-0.3, -0.25) is 9.78 Å². The second kappa shape index (κ2) is 6.95. The van der Waals surface area contributed by atoms with Crippen LogP contribution in [0.4, 0.5) is 10.5 Å². The molecule has 124 valence electrons. The van der Waals surface area contributed by atoms with Crippen LogP contribution in [-0.2, 0) is 4.79 Å². The van der Waals surface area contributed by atoms with Gasteiger partial charge in [0.05, 0.1) is 24.1 Å². The molecular weight excluding hydrogens is 310 g/mol. The molecule has 0 unspecified atom stereocenters. The quantitative estimate of drug-likeness (QED) is 0.889. The molecule has 1 aliphatic heterocycles. The van der Waals surface area contributed by atoms with Crippen LogP contribution in [0.2, 0.25) is 0 Å². The highest BCUT2D eigenvalue weighted by molar-refractivity contribution is 5.90. The molecule has 2 aromatic heterocycles. The Hall–Kier alpha value is -3.16. The number of nitrogens with one attached hydrogen (secondary N) is 2. The molecule has 1 aliphatic rings. The third-order valence-corrected chi connectivity index (χ3v) is 3.53. The van der Waals surface area contributed by atoms with Crippen molar-refractivity contribution in [2.24, 2.45) is 0 Å². The molecule has 0 aliphatic carbocycles. The average molecular weight is 327 g/mol.